The number of hydrogen-bond acceptors (Lipinski definition) is 3. The molecule has 1 saturated carbocycles. The van der Waals surface area contributed by atoms with Crippen LogP contribution in [0.1, 0.15) is 39.9 Å². The second-order valence-corrected chi connectivity index (χ2v) is 5.52. The fourth-order valence-corrected chi connectivity index (χ4v) is 2.40. The van der Waals surface area contributed by atoms with Crippen molar-refractivity contribution in [3.8, 4) is 0 Å². The maximum Gasteiger partial charge on any atom is 0.353 e. The number of carboxylic acids is 1. The minimum Gasteiger partial charge on any atom is -0.477 e. The van der Waals surface area contributed by atoms with Gasteiger partial charge in [0.15, 0.2) is 5.82 Å². The Morgan fingerprint density at radius 3 is 2.80 bits per heavy atom. The molecule has 0 saturated heterocycles. The van der Waals surface area contributed by atoms with Gasteiger partial charge in [-0.25, -0.2) is 4.79 Å². The number of carbonyl (C=O) groups excluding carboxylic acids is 1. The predicted molar refractivity (Wildman–Crippen MR) is 73.9 cm³/mol. The average molecular weight is 339 g/mol. The molecule has 3 rings (SSSR count). The van der Waals surface area contributed by atoms with Gasteiger partial charge in [0.2, 0.25) is 0 Å². The summed E-state index contributed by atoms with van der Waals surface area (Å²) in [6, 6.07) is 3.38. The Morgan fingerprint density at radius 2 is 2.20 bits per heavy atom. The summed E-state index contributed by atoms with van der Waals surface area (Å²) in [6.07, 6.45) is 4.00. The smallest absolute Gasteiger partial charge is 0.353 e. The largest absolute Gasteiger partial charge is 0.477 e. The summed E-state index contributed by atoms with van der Waals surface area (Å²) in [7, 11) is 0. The second-order valence-electron chi connectivity index (χ2n) is 4.61. The quantitative estimate of drug-likeness (QED) is 0.795. The zero-order valence-corrected chi connectivity index (χ0v) is 11.8. The van der Waals surface area contributed by atoms with Gasteiger partial charge in [0.1, 0.15) is 11.4 Å². The number of carboxylic acid groups (broad SMARTS) is 1. The summed E-state index contributed by atoms with van der Waals surface area (Å²) in [4.78, 5) is 22.9. The molecule has 3 N–H and O–H groups in total. The number of halogens is 1. The van der Waals surface area contributed by atoms with Crippen molar-refractivity contribution in [2.75, 3.05) is 5.32 Å². The van der Waals surface area contributed by atoms with Crippen LogP contribution in [0.15, 0.2) is 22.8 Å². The van der Waals surface area contributed by atoms with Crippen molar-refractivity contribution in [3.63, 3.8) is 0 Å². The summed E-state index contributed by atoms with van der Waals surface area (Å²) in [6.45, 7) is 0. The Bertz CT molecular complexity index is 687. The maximum absolute atomic E-state index is 12.2. The normalized spacial score (nSPS) is 14.2. The molecule has 0 spiro atoms. The molecule has 0 radical (unpaired) electrons. The van der Waals surface area contributed by atoms with E-state index in [2.05, 4.69) is 31.4 Å². The summed E-state index contributed by atoms with van der Waals surface area (Å²) in [5.41, 5.74) is 0.457. The fraction of sp³-hybridized carbons (Fsp3) is 0.250. The highest BCUT2D eigenvalue weighted by Gasteiger charge is 2.28. The van der Waals surface area contributed by atoms with Crippen molar-refractivity contribution >= 4 is 33.6 Å². The lowest BCUT2D eigenvalue weighted by Gasteiger charge is -2.06. The topological polar surface area (TPSA) is 100 Å². The molecular formula is C12H11BrN4O3. The first-order valence-corrected chi connectivity index (χ1v) is 6.81. The Kier molecular flexibility index (Phi) is 3.09. The molecule has 2 aromatic rings. The van der Waals surface area contributed by atoms with Crippen LogP contribution in [-0.2, 0) is 0 Å². The zero-order valence-electron chi connectivity index (χ0n) is 10.3. The molecule has 1 fully saturated rings. The lowest BCUT2D eigenvalue weighted by molar-refractivity contribution is 0.0690. The van der Waals surface area contributed by atoms with Gasteiger partial charge in [-0.1, -0.05) is 0 Å². The number of aromatic nitrogens is 3. The van der Waals surface area contributed by atoms with Gasteiger partial charge >= 0.3 is 5.97 Å². The van der Waals surface area contributed by atoms with Crippen LogP contribution in [0.25, 0.3) is 0 Å². The summed E-state index contributed by atoms with van der Waals surface area (Å²) in [5, 5.41) is 17.4. The molecular weight excluding hydrogens is 328 g/mol. The molecule has 0 unspecified atom stereocenters. The third-order valence-corrected chi connectivity index (χ3v) is 3.47. The van der Waals surface area contributed by atoms with Crippen LogP contribution < -0.4 is 5.32 Å². The van der Waals surface area contributed by atoms with E-state index in [1.54, 1.807) is 6.07 Å². The van der Waals surface area contributed by atoms with E-state index in [0.717, 1.165) is 17.3 Å². The first-order chi connectivity index (χ1) is 9.54. The zero-order chi connectivity index (χ0) is 14.3. The molecule has 2 heterocycles. The highest BCUT2D eigenvalue weighted by atomic mass is 79.9. The number of rotatable bonds is 4. The molecule has 0 bridgehead atoms. The molecule has 20 heavy (non-hydrogen) atoms. The summed E-state index contributed by atoms with van der Waals surface area (Å²) in [5.74, 6) is -1.25. The minimum absolute atomic E-state index is 0.0703. The van der Waals surface area contributed by atoms with Gasteiger partial charge in [0.25, 0.3) is 5.91 Å². The number of aromatic amines is 1. The molecule has 0 atom stereocenters. The van der Waals surface area contributed by atoms with E-state index in [1.165, 1.54) is 6.07 Å². The van der Waals surface area contributed by atoms with Gasteiger partial charge in [-0.2, -0.15) is 5.10 Å². The van der Waals surface area contributed by atoms with E-state index in [4.69, 9.17) is 5.11 Å². The number of nitrogens with zero attached hydrogens (tertiary/aromatic N) is 2. The van der Waals surface area contributed by atoms with Crippen LogP contribution in [0.5, 0.6) is 0 Å². The van der Waals surface area contributed by atoms with Crippen molar-refractivity contribution in [2.45, 2.75) is 18.9 Å². The molecule has 104 valence electrons. The first kappa shape index (κ1) is 12.9. The Hall–Kier alpha value is -2.09. The molecule has 1 aliphatic rings. The molecule has 1 amide bonds. The van der Waals surface area contributed by atoms with Crippen molar-refractivity contribution in [2.24, 2.45) is 0 Å². The number of hydrogen-bond donors (Lipinski definition) is 3. The van der Waals surface area contributed by atoms with Gasteiger partial charge in [0, 0.05) is 22.8 Å². The number of anilines is 1. The molecule has 7 nitrogen and oxygen atoms in total. The van der Waals surface area contributed by atoms with Crippen LogP contribution >= 0.6 is 15.9 Å². The van der Waals surface area contributed by atoms with Gasteiger partial charge in [0.05, 0.1) is 0 Å². The van der Waals surface area contributed by atoms with Crippen molar-refractivity contribution < 1.29 is 14.7 Å². The molecule has 0 aliphatic heterocycles. The summed E-state index contributed by atoms with van der Waals surface area (Å²) < 4.78 is 2.76. The second kappa shape index (κ2) is 4.78. The number of carbonyl (C=O) groups is 2. The lowest BCUT2D eigenvalue weighted by atomic mass is 10.3. The monoisotopic (exact) mass is 338 g/mol. The van der Waals surface area contributed by atoms with E-state index >= 15 is 0 Å². The van der Waals surface area contributed by atoms with E-state index in [0.29, 0.717) is 11.7 Å². The maximum atomic E-state index is 12.2. The van der Waals surface area contributed by atoms with Crippen molar-refractivity contribution in [1.29, 1.82) is 0 Å². The molecule has 0 aromatic carbocycles. The standard InChI is InChI=1S/C12H11BrN4O3/c13-6-3-9(17(5-6)7-1-2-7)11(18)14-10-4-8(12(19)20)15-16-10/h3-5,7H,1-2H2,(H,19,20)(H2,14,15,16,18). The van der Waals surface area contributed by atoms with Gasteiger partial charge < -0.3 is 15.0 Å². The number of aromatic carboxylic acids is 1. The molecule has 2 aromatic heterocycles. The highest BCUT2D eigenvalue weighted by Crippen LogP contribution is 2.37. The van der Waals surface area contributed by atoms with Crippen LogP contribution in [0.4, 0.5) is 5.82 Å². The first-order valence-electron chi connectivity index (χ1n) is 6.02. The number of amides is 1. The minimum atomic E-state index is -1.12. The Morgan fingerprint density at radius 1 is 1.45 bits per heavy atom. The van der Waals surface area contributed by atoms with Gasteiger partial charge in [-0.15, -0.1) is 0 Å². The third-order valence-electron chi connectivity index (χ3n) is 3.04. The van der Waals surface area contributed by atoms with Gasteiger partial charge in [-0.05, 0) is 34.8 Å². The van der Waals surface area contributed by atoms with Crippen molar-refractivity contribution in [3.05, 3.63) is 34.2 Å². The Balaban J connectivity index is 1.80. The highest BCUT2D eigenvalue weighted by molar-refractivity contribution is 9.10. The third kappa shape index (κ3) is 2.46. The van der Waals surface area contributed by atoms with E-state index in [1.807, 2.05) is 10.8 Å². The number of H-pyrrole nitrogens is 1. The van der Waals surface area contributed by atoms with Gasteiger partial charge in [-0.3, -0.25) is 9.89 Å². The van der Waals surface area contributed by atoms with E-state index in [-0.39, 0.29) is 17.4 Å². The SMILES string of the molecule is O=C(O)c1cc(NC(=O)c2cc(Br)cn2C2CC2)n[nH]1. The molecule has 8 heteroatoms. The predicted octanol–water partition coefficient (Wildman–Crippen LogP) is 2.26. The molecule has 1 aliphatic carbocycles. The lowest BCUT2D eigenvalue weighted by Crippen LogP contribution is -2.16. The number of nitrogens with one attached hydrogen (secondary N) is 2. The van der Waals surface area contributed by atoms with E-state index in [9.17, 15) is 9.59 Å². The van der Waals surface area contributed by atoms with Crippen LogP contribution in [0.3, 0.4) is 0 Å². The van der Waals surface area contributed by atoms with Crippen molar-refractivity contribution in [1.82, 2.24) is 14.8 Å². The van der Waals surface area contributed by atoms with E-state index < -0.39 is 5.97 Å². The van der Waals surface area contributed by atoms with Crippen LogP contribution in [0.2, 0.25) is 0 Å². The average Bonchev–Trinajstić information content (AvgIpc) is 3.00. The summed E-state index contributed by atoms with van der Waals surface area (Å²) >= 11 is 3.36. The fourth-order valence-electron chi connectivity index (χ4n) is 1.96. The van der Waals surface area contributed by atoms with Crippen LogP contribution in [0, 0.1) is 0 Å². The Labute approximate surface area is 122 Å². The van der Waals surface area contributed by atoms with Crippen LogP contribution in [-0.4, -0.2) is 31.7 Å².